The lowest BCUT2D eigenvalue weighted by Gasteiger charge is -2.32. The molecule has 0 heterocycles. The fraction of sp³-hybridized carbons (Fsp3) is 0.818. The van der Waals surface area contributed by atoms with Crippen LogP contribution >= 0.6 is 0 Å². The Hall–Kier alpha value is -0.440. The third kappa shape index (κ3) is 2.77. The minimum Gasteiger partial charge on any atom is -0.371 e. The van der Waals surface area contributed by atoms with Gasteiger partial charge in [0.1, 0.15) is 6.17 Å². The number of halogens is 2. The molecule has 4 atom stereocenters. The van der Waals surface area contributed by atoms with E-state index in [-0.39, 0.29) is 5.92 Å². The number of alkyl halides is 2. The van der Waals surface area contributed by atoms with E-state index in [0.29, 0.717) is 19.4 Å². The fourth-order valence-electron chi connectivity index (χ4n) is 1.72. The van der Waals surface area contributed by atoms with Gasteiger partial charge >= 0.3 is 0 Å². The molecular formula is C11H18F2O. The standard InChI is InChI=1S/C11H18F2O/c1-3-4-7-14-9-6-5-8(2)10(12)11(9)13/h3-4,8-11H,5-7H2,1-2H3/b4-3+. The summed E-state index contributed by atoms with van der Waals surface area (Å²) in [5.41, 5.74) is 0. The number of allylic oxidation sites excluding steroid dienone is 1. The molecule has 1 aliphatic carbocycles. The first-order valence-electron chi connectivity index (χ1n) is 5.17. The number of rotatable bonds is 3. The third-order valence-corrected chi connectivity index (χ3v) is 2.75. The molecular weight excluding hydrogens is 186 g/mol. The molecule has 0 saturated heterocycles. The average Bonchev–Trinajstić information content (AvgIpc) is 2.18. The van der Waals surface area contributed by atoms with E-state index in [0.717, 1.165) is 0 Å². The molecule has 1 rings (SSSR count). The van der Waals surface area contributed by atoms with Crippen LogP contribution in [-0.4, -0.2) is 25.1 Å². The van der Waals surface area contributed by atoms with Crippen molar-refractivity contribution in [3.8, 4) is 0 Å². The van der Waals surface area contributed by atoms with Crippen LogP contribution in [-0.2, 0) is 4.74 Å². The van der Waals surface area contributed by atoms with Crippen molar-refractivity contribution in [2.24, 2.45) is 5.92 Å². The minimum atomic E-state index is -1.45. The van der Waals surface area contributed by atoms with Crippen molar-refractivity contribution in [1.82, 2.24) is 0 Å². The SMILES string of the molecule is C/C=C/COC1CCC(C)C(F)C1F. The monoisotopic (exact) mass is 204 g/mol. The smallest absolute Gasteiger partial charge is 0.157 e. The highest BCUT2D eigenvalue weighted by atomic mass is 19.2. The summed E-state index contributed by atoms with van der Waals surface area (Å²) in [6.07, 6.45) is 1.60. The van der Waals surface area contributed by atoms with Crippen molar-refractivity contribution in [2.45, 2.75) is 45.1 Å². The first kappa shape index (κ1) is 11.6. The minimum absolute atomic E-state index is 0.174. The van der Waals surface area contributed by atoms with Gasteiger partial charge in [0.2, 0.25) is 0 Å². The largest absolute Gasteiger partial charge is 0.371 e. The molecule has 0 spiro atoms. The lowest BCUT2D eigenvalue weighted by molar-refractivity contribution is -0.0631. The van der Waals surface area contributed by atoms with Crippen molar-refractivity contribution in [1.29, 1.82) is 0 Å². The number of hydrogen-bond acceptors (Lipinski definition) is 1. The summed E-state index contributed by atoms with van der Waals surface area (Å²) < 4.78 is 31.9. The van der Waals surface area contributed by atoms with E-state index >= 15 is 0 Å². The molecule has 4 unspecified atom stereocenters. The maximum absolute atomic E-state index is 13.4. The second kappa shape index (κ2) is 5.44. The Labute approximate surface area is 84.1 Å². The van der Waals surface area contributed by atoms with Gasteiger partial charge in [0.25, 0.3) is 0 Å². The van der Waals surface area contributed by atoms with E-state index in [1.807, 2.05) is 13.0 Å². The van der Waals surface area contributed by atoms with E-state index in [1.165, 1.54) is 0 Å². The first-order valence-corrected chi connectivity index (χ1v) is 5.17. The Balaban J connectivity index is 2.38. The Morgan fingerprint density at radius 2 is 2.00 bits per heavy atom. The molecule has 1 aliphatic rings. The van der Waals surface area contributed by atoms with Crippen molar-refractivity contribution in [3.63, 3.8) is 0 Å². The molecule has 0 aromatic carbocycles. The van der Waals surface area contributed by atoms with Gasteiger partial charge in [-0.3, -0.25) is 0 Å². The summed E-state index contributed by atoms with van der Waals surface area (Å²) in [5.74, 6) is -0.174. The molecule has 1 fully saturated rings. The Bertz CT molecular complexity index is 194. The second-order valence-corrected chi connectivity index (χ2v) is 3.88. The molecule has 14 heavy (non-hydrogen) atoms. The molecule has 0 N–H and O–H groups in total. The predicted octanol–water partition coefficient (Wildman–Crippen LogP) is 3.05. The number of hydrogen-bond donors (Lipinski definition) is 0. The van der Waals surface area contributed by atoms with Crippen LogP contribution in [0, 0.1) is 5.92 Å². The van der Waals surface area contributed by atoms with Crippen LogP contribution in [0.1, 0.15) is 26.7 Å². The number of ether oxygens (including phenoxy) is 1. The van der Waals surface area contributed by atoms with Gasteiger partial charge in [0.15, 0.2) is 6.17 Å². The molecule has 1 nitrogen and oxygen atoms in total. The molecule has 0 bridgehead atoms. The normalized spacial score (nSPS) is 39.1. The Kier molecular flexibility index (Phi) is 4.52. The zero-order valence-corrected chi connectivity index (χ0v) is 8.75. The van der Waals surface area contributed by atoms with E-state index in [2.05, 4.69) is 0 Å². The topological polar surface area (TPSA) is 9.23 Å². The molecule has 0 aromatic heterocycles. The highest BCUT2D eigenvalue weighted by Crippen LogP contribution is 2.31. The van der Waals surface area contributed by atoms with Gasteiger partial charge in [0, 0.05) is 0 Å². The van der Waals surface area contributed by atoms with Gasteiger partial charge in [0.05, 0.1) is 12.7 Å². The highest BCUT2D eigenvalue weighted by Gasteiger charge is 2.38. The van der Waals surface area contributed by atoms with Crippen molar-refractivity contribution >= 4 is 0 Å². The summed E-state index contributed by atoms with van der Waals surface area (Å²) in [6, 6.07) is 0. The molecule has 0 amide bonds. The van der Waals surface area contributed by atoms with Gasteiger partial charge in [-0.05, 0) is 25.7 Å². The molecule has 0 aromatic rings. The molecule has 3 heteroatoms. The van der Waals surface area contributed by atoms with Crippen molar-refractivity contribution in [3.05, 3.63) is 12.2 Å². The van der Waals surface area contributed by atoms with E-state index < -0.39 is 18.4 Å². The highest BCUT2D eigenvalue weighted by molar-refractivity contribution is 4.88. The molecule has 0 aliphatic heterocycles. The van der Waals surface area contributed by atoms with Gasteiger partial charge in [-0.1, -0.05) is 19.1 Å². The average molecular weight is 204 g/mol. The molecule has 1 saturated carbocycles. The summed E-state index contributed by atoms with van der Waals surface area (Å²) >= 11 is 0. The second-order valence-electron chi connectivity index (χ2n) is 3.88. The summed E-state index contributed by atoms with van der Waals surface area (Å²) in [7, 11) is 0. The zero-order valence-electron chi connectivity index (χ0n) is 8.75. The van der Waals surface area contributed by atoms with Gasteiger partial charge < -0.3 is 4.74 Å². The lowest BCUT2D eigenvalue weighted by atomic mass is 9.85. The third-order valence-electron chi connectivity index (χ3n) is 2.75. The van der Waals surface area contributed by atoms with E-state index in [9.17, 15) is 8.78 Å². The maximum Gasteiger partial charge on any atom is 0.157 e. The zero-order chi connectivity index (χ0) is 10.6. The van der Waals surface area contributed by atoms with Crippen LogP contribution in [0.3, 0.4) is 0 Å². The predicted molar refractivity (Wildman–Crippen MR) is 52.7 cm³/mol. The first-order chi connectivity index (χ1) is 6.66. The van der Waals surface area contributed by atoms with Crippen LogP contribution in [0.15, 0.2) is 12.2 Å². The lowest BCUT2D eigenvalue weighted by Crippen LogP contribution is -2.41. The Morgan fingerprint density at radius 3 is 2.64 bits per heavy atom. The van der Waals surface area contributed by atoms with Crippen LogP contribution in [0.5, 0.6) is 0 Å². The summed E-state index contributed by atoms with van der Waals surface area (Å²) in [5, 5.41) is 0. The van der Waals surface area contributed by atoms with Crippen molar-refractivity contribution in [2.75, 3.05) is 6.61 Å². The van der Waals surface area contributed by atoms with Gasteiger partial charge in [-0.15, -0.1) is 0 Å². The van der Waals surface area contributed by atoms with E-state index in [1.54, 1.807) is 13.0 Å². The van der Waals surface area contributed by atoms with Crippen LogP contribution in [0.2, 0.25) is 0 Å². The molecule has 0 radical (unpaired) electrons. The summed E-state index contributed by atoms with van der Waals surface area (Å²) in [4.78, 5) is 0. The summed E-state index contributed by atoms with van der Waals surface area (Å²) in [6.45, 7) is 4.00. The quantitative estimate of drug-likeness (QED) is 0.642. The maximum atomic E-state index is 13.4. The van der Waals surface area contributed by atoms with Crippen molar-refractivity contribution < 1.29 is 13.5 Å². The molecule has 82 valence electrons. The van der Waals surface area contributed by atoms with Crippen LogP contribution in [0.4, 0.5) is 8.78 Å². The van der Waals surface area contributed by atoms with E-state index in [4.69, 9.17) is 4.74 Å². The van der Waals surface area contributed by atoms with Gasteiger partial charge in [-0.2, -0.15) is 0 Å². The Morgan fingerprint density at radius 1 is 1.29 bits per heavy atom. The van der Waals surface area contributed by atoms with Crippen LogP contribution < -0.4 is 0 Å². The fourth-order valence-corrected chi connectivity index (χ4v) is 1.72. The van der Waals surface area contributed by atoms with Gasteiger partial charge in [-0.25, -0.2) is 8.78 Å². The van der Waals surface area contributed by atoms with Crippen LogP contribution in [0.25, 0.3) is 0 Å².